The molecule has 0 aliphatic heterocycles. The molecule has 19 heavy (non-hydrogen) atoms. The van der Waals surface area contributed by atoms with Gasteiger partial charge in [0, 0.05) is 10.6 Å². The lowest BCUT2D eigenvalue weighted by Gasteiger charge is -2.09. The third-order valence-corrected chi connectivity index (χ3v) is 3.60. The van der Waals surface area contributed by atoms with Gasteiger partial charge in [-0.25, -0.2) is 4.79 Å². The van der Waals surface area contributed by atoms with Crippen LogP contribution in [-0.2, 0) is 0 Å². The smallest absolute Gasteiger partial charge is 0.337 e. The van der Waals surface area contributed by atoms with Gasteiger partial charge in [-0.3, -0.25) is 0 Å². The maximum absolute atomic E-state index is 11.0. The van der Waals surface area contributed by atoms with Crippen LogP contribution in [0.5, 0.6) is 5.75 Å². The van der Waals surface area contributed by atoms with Gasteiger partial charge in [-0.2, -0.15) is 0 Å². The van der Waals surface area contributed by atoms with Crippen LogP contribution in [0.1, 0.15) is 10.4 Å². The Bertz CT molecular complexity index is 613. The monoisotopic (exact) mass is 275 g/mol. The van der Waals surface area contributed by atoms with Gasteiger partial charge in [0.1, 0.15) is 5.75 Å². The Morgan fingerprint density at radius 3 is 2.68 bits per heavy atom. The highest BCUT2D eigenvalue weighted by Gasteiger charge is 2.10. The first-order valence-corrected chi connectivity index (χ1v) is 6.37. The molecule has 0 amide bonds. The second kappa shape index (κ2) is 5.67. The van der Waals surface area contributed by atoms with Crippen molar-refractivity contribution in [1.29, 1.82) is 0 Å². The number of rotatable bonds is 4. The highest BCUT2D eigenvalue weighted by Crippen LogP contribution is 2.35. The van der Waals surface area contributed by atoms with Crippen LogP contribution >= 0.6 is 11.8 Å². The third-order valence-electron chi connectivity index (χ3n) is 2.55. The summed E-state index contributed by atoms with van der Waals surface area (Å²) in [6.07, 6.45) is 0. The predicted octanol–water partition coefficient (Wildman–Crippen LogP) is 3.13. The summed E-state index contributed by atoms with van der Waals surface area (Å²) >= 11 is 1.44. The SMILES string of the molecule is COc1ccccc1Sc1ccc(N)c(C(=O)O)c1. The molecule has 0 spiro atoms. The number of nitrogen functional groups attached to an aromatic ring is 1. The van der Waals surface area contributed by atoms with E-state index in [0.29, 0.717) is 0 Å². The number of anilines is 1. The molecule has 0 saturated carbocycles. The Kier molecular flexibility index (Phi) is 3.97. The van der Waals surface area contributed by atoms with Crippen LogP contribution in [0.2, 0.25) is 0 Å². The molecule has 0 aliphatic carbocycles. The van der Waals surface area contributed by atoms with Crippen molar-refractivity contribution in [3.63, 3.8) is 0 Å². The van der Waals surface area contributed by atoms with E-state index in [-0.39, 0.29) is 11.3 Å². The molecule has 0 radical (unpaired) electrons. The lowest BCUT2D eigenvalue weighted by Crippen LogP contribution is -2.02. The van der Waals surface area contributed by atoms with E-state index >= 15 is 0 Å². The Morgan fingerprint density at radius 1 is 1.26 bits per heavy atom. The topological polar surface area (TPSA) is 72.5 Å². The van der Waals surface area contributed by atoms with Gasteiger partial charge in [0.05, 0.1) is 17.6 Å². The van der Waals surface area contributed by atoms with Crippen LogP contribution in [0.3, 0.4) is 0 Å². The van der Waals surface area contributed by atoms with E-state index in [9.17, 15) is 4.79 Å². The van der Waals surface area contributed by atoms with E-state index in [4.69, 9.17) is 15.6 Å². The fraction of sp³-hybridized carbons (Fsp3) is 0.0714. The minimum absolute atomic E-state index is 0.111. The zero-order valence-corrected chi connectivity index (χ0v) is 11.1. The molecule has 0 unspecified atom stereocenters. The zero-order valence-electron chi connectivity index (χ0n) is 10.3. The maximum Gasteiger partial charge on any atom is 0.337 e. The highest BCUT2D eigenvalue weighted by molar-refractivity contribution is 7.99. The molecule has 5 heteroatoms. The largest absolute Gasteiger partial charge is 0.496 e. The molecule has 98 valence electrons. The summed E-state index contributed by atoms with van der Waals surface area (Å²) in [4.78, 5) is 12.8. The number of methoxy groups -OCH3 is 1. The molecule has 2 rings (SSSR count). The molecule has 0 heterocycles. The van der Waals surface area contributed by atoms with Crippen molar-refractivity contribution in [3.8, 4) is 5.75 Å². The van der Waals surface area contributed by atoms with Crippen molar-refractivity contribution < 1.29 is 14.6 Å². The third kappa shape index (κ3) is 3.00. The van der Waals surface area contributed by atoms with E-state index in [0.717, 1.165) is 15.5 Å². The number of hydrogen-bond acceptors (Lipinski definition) is 4. The minimum atomic E-state index is -1.03. The van der Waals surface area contributed by atoms with E-state index in [1.54, 1.807) is 25.3 Å². The molecule has 0 aliphatic rings. The minimum Gasteiger partial charge on any atom is -0.496 e. The highest BCUT2D eigenvalue weighted by atomic mass is 32.2. The Balaban J connectivity index is 2.33. The van der Waals surface area contributed by atoms with Gasteiger partial charge in [-0.15, -0.1) is 0 Å². The summed E-state index contributed by atoms with van der Waals surface area (Å²) in [5.74, 6) is -0.277. The van der Waals surface area contributed by atoms with Gasteiger partial charge in [-0.1, -0.05) is 23.9 Å². The maximum atomic E-state index is 11.0. The molecular formula is C14H13NO3S. The zero-order chi connectivity index (χ0) is 13.8. The standard InChI is InChI=1S/C14H13NO3S/c1-18-12-4-2-3-5-13(12)19-9-6-7-11(15)10(8-9)14(16)17/h2-8H,15H2,1H3,(H,16,17). The first-order valence-electron chi connectivity index (χ1n) is 5.55. The normalized spacial score (nSPS) is 10.2. The van der Waals surface area contributed by atoms with Gasteiger partial charge in [0.25, 0.3) is 0 Å². The molecular weight excluding hydrogens is 262 g/mol. The number of benzene rings is 2. The van der Waals surface area contributed by atoms with Crippen molar-refractivity contribution in [1.82, 2.24) is 0 Å². The molecule has 2 aromatic rings. The predicted molar refractivity (Wildman–Crippen MR) is 74.9 cm³/mol. The van der Waals surface area contributed by atoms with Gasteiger partial charge >= 0.3 is 5.97 Å². The van der Waals surface area contributed by atoms with Crippen molar-refractivity contribution in [3.05, 3.63) is 48.0 Å². The van der Waals surface area contributed by atoms with E-state index in [2.05, 4.69) is 0 Å². The second-order valence-electron chi connectivity index (χ2n) is 3.81. The number of ether oxygens (including phenoxy) is 1. The van der Waals surface area contributed by atoms with E-state index < -0.39 is 5.97 Å². The molecule has 0 saturated heterocycles. The summed E-state index contributed by atoms with van der Waals surface area (Å²) < 4.78 is 5.26. The Morgan fingerprint density at radius 2 is 2.00 bits per heavy atom. The summed E-state index contributed by atoms with van der Waals surface area (Å²) in [6.45, 7) is 0. The van der Waals surface area contributed by atoms with Crippen LogP contribution in [0.4, 0.5) is 5.69 Å². The number of aromatic carboxylic acids is 1. The number of para-hydroxylation sites is 1. The number of nitrogens with two attached hydrogens (primary N) is 1. The van der Waals surface area contributed by atoms with E-state index in [1.165, 1.54) is 11.8 Å². The lowest BCUT2D eigenvalue weighted by molar-refractivity contribution is 0.0698. The van der Waals surface area contributed by atoms with Gasteiger partial charge in [0.15, 0.2) is 0 Å². The molecule has 0 bridgehead atoms. The molecule has 3 N–H and O–H groups in total. The number of hydrogen-bond donors (Lipinski definition) is 2. The van der Waals surface area contributed by atoms with Crippen molar-refractivity contribution in [2.75, 3.05) is 12.8 Å². The first kappa shape index (κ1) is 13.3. The fourth-order valence-electron chi connectivity index (χ4n) is 1.61. The van der Waals surface area contributed by atoms with Crippen molar-refractivity contribution >= 4 is 23.4 Å². The summed E-state index contributed by atoms with van der Waals surface area (Å²) in [5, 5.41) is 9.04. The Hall–Kier alpha value is -2.14. The quantitative estimate of drug-likeness (QED) is 0.839. The Labute approximate surface area is 115 Å². The molecule has 2 aromatic carbocycles. The number of carboxylic acids is 1. The summed E-state index contributed by atoms with van der Waals surface area (Å²) in [6, 6.07) is 12.5. The average molecular weight is 275 g/mol. The van der Waals surface area contributed by atoms with Gasteiger partial charge < -0.3 is 15.6 Å². The van der Waals surface area contributed by atoms with Crippen molar-refractivity contribution in [2.45, 2.75) is 9.79 Å². The number of carbonyl (C=O) groups is 1. The molecule has 0 fully saturated rings. The van der Waals surface area contributed by atoms with Gasteiger partial charge in [0.2, 0.25) is 0 Å². The molecule has 0 atom stereocenters. The molecule has 0 aromatic heterocycles. The van der Waals surface area contributed by atoms with Crippen LogP contribution in [0.25, 0.3) is 0 Å². The van der Waals surface area contributed by atoms with Crippen LogP contribution in [0.15, 0.2) is 52.3 Å². The second-order valence-corrected chi connectivity index (χ2v) is 4.92. The van der Waals surface area contributed by atoms with E-state index in [1.807, 2.05) is 24.3 Å². The summed E-state index contributed by atoms with van der Waals surface area (Å²) in [5.41, 5.74) is 6.00. The first-order chi connectivity index (χ1) is 9.11. The van der Waals surface area contributed by atoms with Crippen LogP contribution in [0, 0.1) is 0 Å². The van der Waals surface area contributed by atoms with Crippen LogP contribution in [-0.4, -0.2) is 18.2 Å². The number of carboxylic acid groups (broad SMARTS) is 1. The van der Waals surface area contributed by atoms with Gasteiger partial charge in [-0.05, 0) is 30.3 Å². The summed E-state index contributed by atoms with van der Waals surface area (Å²) in [7, 11) is 1.60. The van der Waals surface area contributed by atoms with Crippen LogP contribution < -0.4 is 10.5 Å². The molecule has 4 nitrogen and oxygen atoms in total. The van der Waals surface area contributed by atoms with Crippen molar-refractivity contribution in [2.24, 2.45) is 0 Å². The average Bonchev–Trinajstić information content (AvgIpc) is 2.41. The lowest BCUT2D eigenvalue weighted by atomic mass is 10.2. The fourth-order valence-corrected chi connectivity index (χ4v) is 2.58.